The third kappa shape index (κ3) is 4.31. The van der Waals surface area contributed by atoms with E-state index in [1.54, 1.807) is 36.9 Å². The van der Waals surface area contributed by atoms with Gasteiger partial charge >= 0.3 is 5.97 Å². The predicted octanol–water partition coefficient (Wildman–Crippen LogP) is 3.33. The number of hydrogen-bond acceptors (Lipinski definition) is 4. The van der Waals surface area contributed by atoms with Crippen LogP contribution in [-0.2, 0) is 11.3 Å². The molecule has 6 nitrogen and oxygen atoms in total. The molecule has 0 aliphatic carbocycles. The van der Waals surface area contributed by atoms with Crippen LogP contribution in [0.4, 0.5) is 5.69 Å². The van der Waals surface area contributed by atoms with Crippen LogP contribution in [-0.4, -0.2) is 27.8 Å². The number of nitrogens with one attached hydrogen (secondary N) is 1. The Morgan fingerprint density at radius 1 is 1.35 bits per heavy atom. The van der Waals surface area contributed by atoms with Crippen LogP contribution in [0.3, 0.4) is 0 Å². The van der Waals surface area contributed by atoms with Gasteiger partial charge in [-0.05, 0) is 55.5 Å². The van der Waals surface area contributed by atoms with Crippen molar-refractivity contribution in [3.05, 3.63) is 45.3 Å². The van der Waals surface area contributed by atoms with Crippen LogP contribution in [0.1, 0.15) is 41.6 Å². The lowest BCUT2D eigenvalue weighted by Gasteiger charge is -2.08. The number of nitrogens with zero attached hydrogens (tertiary/aromatic N) is 2. The van der Waals surface area contributed by atoms with Gasteiger partial charge in [-0.25, -0.2) is 4.79 Å². The van der Waals surface area contributed by atoms with Crippen LogP contribution < -0.4 is 5.32 Å². The van der Waals surface area contributed by atoms with Gasteiger partial charge in [-0.15, -0.1) is 0 Å². The van der Waals surface area contributed by atoms with Crippen LogP contribution in [0.5, 0.6) is 0 Å². The molecular formula is C16H18IN3O3. The third-order valence-electron chi connectivity index (χ3n) is 2.99. The molecule has 7 heteroatoms. The molecule has 23 heavy (non-hydrogen) atoms. The topological polar surface area (TPSA) is 73.2 Å². The van der Waals surface area contributed by atoms with Gasteiger partial charge in [0.1, 0.15) is 0 Å². The number of aryl methyl sites for hydroxylation is 1. The molecular weight excluding hydrogens is 409 g/mol. The van der Waals surface area contributed by atoms with Crippen molar-refractivity contribution in [1.82, 2.24) is 9.78 Å². The zero-order valence-corrected chi connectivity index (χ0v) is 15.3. The normalized spacial score (nSPS) is 10.7. The summed E-state index contributed by atoms with van der Waals surface area (Å²) in [4.78, 5) is 24.6. The van der Waals surface area contributed by atoms with E-state index in [1.807, 2.05) is 19.1 Å². The lowest BCUT2D eigenvalue weighted by molar-refractivity contribution is 0.0371. The number of benzene rings is 1. The molecule has 1 amide bonds. The second-order valence-corrected chi connectivity index (χ2v) is 6.30. The van der Waals surface area contributed by atoms with Crippen molar-refractivity contribution in [1.29, 1.82) is 0 Å². The lowest BCUT2D eigenvalue weighted by Crippen LogP contribution is -2.17. The summed E-state index contributed by atoms with van der Waals surface area (Å²) >= 11 is 2.10. The lowest BCUT2D eigenvalue weighted by atomic mass is 10.2. The fourth-order valence-corrected chi connectivity index (χ4v) is 2.56. The van der Waals surface area contributed by atoms with E-state index in [1.165, 1.54) is 0 Å². The highest BCUT2D eigenvalue weighted by atomic mass is 127. The van der Waals surface area contributed by atoms with Gasteiger partial charge in [0.25, 0.3) is 5.91 Å². The van der Waals surface area contributed by atoms with Crippen molar-refractivity contribution in [2.24, 2.45) is 0 Å². The molecule has 122 valence electrons. The summed E-state index contributed by atoms with van der Waals surface area (Å²) in [5.41, 5.74) is 1.00. The zero-order valence-electron chi connectivity index (χ0n) is 13.2. The van der Waals surface area contributed by atoms with Gasteiger partial charge in [0, 0.05) is 16.3 Å². The third-order valence-corrected chi connectivity index (χ3v) is 3.93. The molecule has 0 atom stereocenters. The summed E-state index contributed by atoms with van der Waals surface area (Å²) in [6, 6.07) is 7.23. The minimum Gasteiger partial charge on any atom is -0.458 e. The van der Waals surface area contributed by atoms with Crippen LogP contribution in [0.15, 0.2) is 30.5 Å². The maximum Gasteiger partial charge on any atom is 0.361 e. The van der Waals surface area contributed by atoms with Crippen molar-refractivity contribution in [3.63, 3.8) is 0 Å². The minimum absolute atomic E-state index is 0.111. The molecule has 2 rings (SSSR count). The van der Waals surface area contributed by atoms with Gasteiger partial charge < -0.3 is 10.1 Å². The number of esters is 1. The molecule has 0 aliphatic heterocycles. The smallest absolute Gasteiger partial charge is 0.361 e. The summed E-state index contributed by atoms with van der Waals surface area (Å²) in [6.07, 6.45) is 1.37. The van der Waals surface area contributed by atoms with Gasteiger partial charge in [0.2, 0.25) is 0 Å². The van der Waals surface area contributed by atoms with E-state index >= 15 is 0 Å². The summed E-state index contributed by atoms with van der Waals surface area (Å²) in [7, 11) is 0. The Balaban J connectivity index is 2.28. The number of hydrogen-bond donors (Lipinski definition) is 1. The molecule has 0 fully saturated rings. The van der Waals surface area contributed by atoms with Gasteiger partial charge in [0.15, 0.2) is 5.69 Å². The molecule has 0 spiro atoms. The number of halogens is 1. The van der Waals surface area contributed by atoms with E-state index in [2.05, 4.69) is 33.0 Å². The first kappa shape index (κ1) is 17.5. The van der Waals surface area contributed by atoms with Crippen molar-refractivity contribution >= 4 is 40.2 Å². The van der Waals surface area contributed by atoms with E-state index in [-0.39, 0.29) is 17.7 Å². The second-order valence-electron chi connectivity index (χ2n) is 5.14. The highest BCUT2D eigenvalue weighted by molar-refractivity contribution is 14.1. The average molecular weight is 427 g/mol. The van der Waals surface area contributed by atoms with E-state index in [9.17, 15) is 9.59 Å². The molecule has 0 saturated heterocycles. The largest absolute Gasteiger partial charge is 0.458 e. The number of amides is 1. The fraction of sp³-hybridized carbons (Fsp3) is 0.312. The molecule has 1 N–H and O–H groups in total. The van der Waals surface area contributed by atoms with E-state index < -0.39 is 5.97 Å². The molecule has 0 saturated carbocycles. The van der Waals surface area contributed by atoms with E-state index in [4.69, 9.17) is 4.74 Å². The number of rotatable bonds is 5. The summed E-state index contributed by atoms with van der Waals surface area (Å²) in [5.74, 6) is -0.838. The van der Waals surface area contributed by atoms with Gasteiger partial charge in [-0.1, -0.05) is 12.1 Å². The van der Waals surface area contributed by atoms with Crippen LogP contribution in [0.25, 0.3) is 0 Å². The summed E-state index contributed by atoms with van der Waals surface area (Å²) in [5, 5.41) is 6.92. The van der Waals surface area contributed by atoms with Crippen LogP contribution in [0.2, 0.25) is 0 Å². The molecule has 1 aromatic carbocycles. The van der Waals surface area contributed by atoms with Crippen molar-refractivity contribution in [2.75, 3.05) is 5.32 Å². The molecule has 0 bridgehead atoms. The average Bonchev–Trinajstić information content (AvgIpc) is 2.90. The number of carbonyl (C=O) groups excluding carboxylic acids is 2. The van der Waals surface area contributed by atoms with Gasteiger partial charge in [0.05, 0.1) is 17.4 Å². The van der Waals surface area contributed by atoms with Crippen LogP contribution >= 0.6 is 22.6 Å². The summed E-state index contributed by atoms with van der Waals surface area (Å²) in [6.45, 7) is 6.01. The number of aromatic nitrogens is 2. The summed E-state index contributed by atoms with van der Waals surface area (Å²) < 4.78 is 7.59. The first-order chi connectivity index (χ1) is 10.9. The van der Waals surface area contributed by atoms with E-state index in [0.29, 0.717) is 17.8 Å². The highest BCUT2D eigenvalue weighted by Gasteiger charge is 2.21. The Morgan fingerprint density at radius 3 is 2.65 bits per heavy atom. The molecule has 2 aromatic rings. The predicted molar refractivity (Wildman–Crippen MR) is 95.6 cm³/mol. The number of anilines is 1. The molecule has 0 unspecified atom stereocenters. The monoisotopic (exact) mass is 427 g/mol. The van der Waals surface area contributed by atoms with Crippen LogP contribution in [0, 0.1) is 3.57 Å². The maximum atomic E-state index is 12.4. The Hall–Kier alpha value is -1.90. The van der Waals surface area contributed by atoms with Crippen molar-refractivity contribution in [3.8, 4) is 0 Å². The first-order valence-corrected chi connectivity index (χ1v) is 8.34. The minimum atomic E-state index is -0.551. The van der Waals surface area contributed by atoms with E-state index in [0.717, 1.165) is 3.57 Å². The quantitative estimate of drug-likeness (QED) is 0.587. The Bertz CT molecular complexity index is 725. The second kappa shape index (κ2) is 7.58. The molecule has 0 aliphatic rings. The Morgan fingerprint density at radius 2 is 2.04 bits per heavy atom. The molecule has 0 radical (unpaired) electrons. The Kier molecular flexibility index (Phi) is 5.75. The molecule has 1 heterocycles. The number of ether oxygens (including phenoxy) is 1. The fourth-order valence-electron chi connectivity index (χ4n) is 1.93. The van der Waals surface area contributed by atoms with Gasteiger partial charge in [-0.3, -0.25) is 9.48 Å². The van der Waals surface area contributed by atoms with Crippen molar-refractivity contribution in [2.45, 2.75) is 33.4 Å². The maximum absolute atomic E-state index is 12.4. The van der Waals surface area contributed by atoms with Gasteiger partial charge in [-0.2, -0.15) is 5.10 Å². The SMILES string of the molecule is CCn1cc(NC(=O)c2ccccc2I)c(C(=O)OC(C)C)n1. The number of carbonyl (C=O) groups is 2. The zero-order chi connectivity index (χ0) is 17.0. The Labute approximate surface area is 148 Å². The first-order valence-electron chi connectivity index (χ1n) is 7.26. The standard InChI is InChI=1S/C16H18IN3O3/c1-4-20-9-13(14(19-20)16(22)23-10(2)3)18-15(21)11-7-5-6-8-12(11)17/h5-10H,4H2,1-3H3,(H,18,21). The van der Waals surface area contributed by atoms with Crippen molar-refractivity contribution < 1.29 is 14.3 Å². The highest BCUT2D eigenvalue weighted by Crippen LogP contribution is 2.19. The molecule has 1 aromatic heterocycles.